The number of benzene rings is 1. The first-order valence-corrected chi connectivity index (χ1v) is 6.28. The summed E-state index contributed by atoms with van der Waals surface area (Å²) in [7, 11) is 1.74. The van der Waals surface area contributed by atoms with Crippen molar-refractivity contribution in [2.45, 2.75) is 13.5 Å². The van der Waals surface area contributed by atoms with Gasteiger partial charge in [-0.05, 0) is 13.0 Å². The second kappa shape index (κ2) is 6.09. The number of rotatable bonds is 4. The van der Waals surface area contributed by atoms with E-state index in [4.69, 9.17) is 4.42 Å². The topological polar surface area (TPSA) is 49.6 Å². The van der Waals surface area contributed by atoms with Crippen LogP contribution in [0.15, 0.2) is 46.3 Å². The summed E-state index contributed by atoms with van der Waals surface area (Å²) in [5.74, 6) is 1.67. The van der Waals surface area contributed by atoms with E-state index in [1.165, 1.54) is 5.56 Å². The molecule has 0 aliphatic heterocycles. The molecule has 0 fully saturated rings. The van der Waals surface area contributed by atoms with E-state index in [2.05, 4.69) is 35.2 Å². The van der Waals surface area contributed by atoms with Crippen molar-refractivity contribution in [1.82, 2.24) is 10.6 Å². The van der Waals surface area contributed by atoms with E-state index in [-0.39, 0.29) is 0 Å². The van der Waals surface area contributed by atoms with Gasteiger partial charge in [-0.25, -0.2) is 0 Å². The summed E-state index contributed by atoms with van der Waals surface area (Å²) >= 11 is 0. The average molecular weight is 257 g/mol. The summed E-state index contributed by atoms with van der Waals surface area (Å²) in [6.07, 6.45) is 1.79. The Labute approximate surface area is 113 Å². The molecule has 0 saturated heterocycles. The van der Waals surface area contributed by atoms with E-state index in [1.807, 2.05) is 18.2 Å². The molecule has 0 radical (unpaired) electrons. The number of aliphatic imine (C=N–C) groups is 1. The van der Waals surface area contributed by atoms with E-state index < -0.39 is 0 Å². The van der Waals surface area contributed by atoms with Crippen LogP contribution in [0.2, 0.25) is 0 Å². The van der Waals surface area contributed by atoms with Crippen molar-refractivity contribution in [3.05, 3.63) is 48.2 Å². The Bertz CT molecular complexity index is 598. The molecule has 2 rings (SSSR count). The summed E-state index contributed by atoms with van der Waals surface area (Å²) in [5.41, 5.74) is 2.09. The zero-order valence-electron chi connectivity index (χ0n) is 11.4. The number of furan rings is 1. The van der Waals surface area contributed by atoms with Crippen LogP contribution in [0.5, 0.6) is 0 Å². The molecule has 0 atom stereocenters. The van der Waals surface area contributed by atoms with Crippen molar-refractivity contribution in [2.24, 2.45) is 4.99 Å². The third-order valence-electron chi connectivity index (χ3n) is 3.00. The van der Waals surface area contributed by atoms with Crippen LogP contribution < -0.4 is 10.6 Å². The van der Waals surface area contributed by atoms with Gasteiger partial charge in [0.05, 0.1) is 6.54 Å². The number of nitrogens with zero attached hydrogens (tertiary/aromatic N) is 1. The average Bonchev–Trinajstić information content (AvgIpc) is 2.76. The smallest absolute Gasteiger partial charge is 0.191 e. The zero-order valence-corrected chi connectivity index (χ0v) is 11.4. The second-order valence-electron chi connectivity index (χ2n) is 4.24. The minimum Gasteiger partial charge on any atom is -0.459 e. The summed E-state index contributed by atoms with van der Waals surface area (Å²) in [5, 5.41) is 7.50. The fourth-order valence-electron chi connectivity index (χ4n) is 1.95. The molecule has 2 aromatic rings. The first kappa shape index (κ1) is 13.2. The van der Waals surface area contributed by atoms with Crippen molar-refractivity contribution in [2.75, 3.05) is 13.6 Å². The zero-order chi connectivity index (χ0) is 13.7. The Kier molecular flexibility index (Phi) is 4.23. The van der Waals surface area contributed by atoms with Crippen LogP contribution in [0, 0.1) is 6.92 Å². The molecule has 4 heteroatoms. The maximum Gasteiger partial charge on any atom is 0.191 e. The van der Waals surface area contributed by atoms with E-state index in [0.717, 1.165) is 22.7 Å². The normalized spacial score (nSPS) is 11.6. The molecular formula is C15H19N3O. The van der Waals surface area contributed by atoms with E-state index in [0.29, 0.717) is 13.1 Å². The highest BCUT2D eigenvalue weighted by Gasteiger charge is 2.09. The Hall–Kier alpha value is -2.23. The lowest BCUT2D eigenvalue weighted by atomic mass is 10.1. The number of aryl methyl sites for hydroxylation is 1. The van der Waals surface area contributed by atoms with Crippen molar-refractivity contribution in [3.8, 4) is 0 Å². The van der Waals surface area contributed by atoms with Gasteiger partial charge in [-0.2, -0.15) is 0 Å². The molecule has 0 saturated carbocycles. The third kappa shape index (κ3) is 2.96. The number of nitrogens with one attached hydrogen (secondary N) is 2. The highest BCUT2D eigenvalue weighted by molar-refractivity contribution is 5.82. The third-order valence-corrected chi connectivity index (χ3v) is 3.00. The molecule has 0 unspecified atom stereocenters. The highest BCUT2D eigenvalue weighted by atomic mass is 16.3. The molecule has 0 aliphatic carbocycles. The molecule has 19 heavy (non-hydrogen) atoms. The van der Waals surface area contributed by atoms with Gasteiger partial charge >= 0.3 is 0 Å². The standard InChI is InChI=1S/C15H19N3O/c1-4-9-17-15(16-3)18-10-14-11(2)12-7-5-6-8-13(12)19-14/h4-8H,1,9-10H2,2-3H3,(H2,16,17,18). The number of fused-ring (bicyclic) bond motifs is 1. The van der Waals surface area contributed by atoms with Gasteiger partial charge in [-0.3, -0.25) is 4.99 Å². The summed E-state index contributed by atoms with van der Waals surface area (Å²) in [4.78, 5) is 4.13. The molecule has 1 aromatic carbocycles. The van der Waals surface area contributed by atoms with Crippen LogP contribution >= 0.6 is 0 Å². The highest BCUT2D eigenvalue weighted by Crippen LogP contribution is 2.24. The molecule has 0 amide bonds. The molecule has 4 nitrogen and oxygen atoms in total. The van der Waals surface area contributed by atoms with Crippen molar-refractivity contribution >= 4 is 16.9 Å². The molecule has 0 spiro atoms. The molecule has 0 bridgehead atoms. The summed E-state index contributed by atoms with van der Waals surface area (Å²) in [6.45, 7) is 7.02. The fourth-order valence-corrected chi connectivity index (χ4v) is 1.95. The van der Waals surface area contributed by atoms with Gasteiger partial charge in [-0.1, -0.05) is 24.3 Å². The summed E-state index contributed by atoms with van der Waals surface area (Å²) < 4.78 is 5.83. The Morgan fingerprint density at radius 3 is 2.84 bits per heavy atom. The SMILES string of the molecule is C=CCNC(=NC)NCc1oc2ccccc2c1C. The maximum atomic E-state index is 5.83. The second-order valence-corrected chi connectivity index (χ2v) is 4.24. The van der Waals surface area contributed by atoms with Crippen LogP contribution in [-0.2, 0) is 6.54 Å². The van der Waals surface area contributed by atoms with Crippen LogP contribution in [0.1, 0.15) is 11.3 Å². The Morgan fingerprint density at radius 1 is 1.37 bits per heavy atom. The number of guanidine groups is 1. The van der Waals surface area contributed by atoms with Crippen LogP contribution in [0.4, 0.5) is 0 Å². The first-order valence-electron chi connectivity index (χ1n) is 6.28. The molecule has 2 N–H and O–H groups in total. The summed E-state index contributed by atoms with van der Waals surface area (Å²) in [6, 6.07) is 8.05. The lowest BCUT2D eigenvalue weighted by Crippen LogP contribution is -2.36. The Morgan fingerprint density at radius 2 is 2.16 bits per heavy atom. The lowest BCUT2D eigenvalue weighted by molar-refractivity contribution is 0.535. The van der Waals surface area contributed by atoms with Gasteiger partial charge in [0.25, 0.3) is 0 Å². The molecule has 0 aliphatic rings. The van der Waals surface area contributed by atoms with Gasteiger partial charge < -0.3 is 15.1 Å². The molecule has 1 aromatic heterocycles. The van der Waals surface area contributed by atoms with Gasteiger partial charge in [0, 0.05) is 24.5 Å². The van der Waals surface area contributed by atoms with E-state index >= 15 is 0 Å². The lowest BCUT2D eigenvalue weighted by Gasteiger charge is -2.09. The minimum atomic E-state index is 0.608. The van der Waals surface area contributed by atoms with Crippen LogP contribution in [-0.4, -0.2) is 19.6 Å². The predicted octanol–water partition coefficient (Wildman–Crippen LogP) is 2.59. The molecule has 100 valence electrons. The van der Waals surface area contributed by atoms with E-state index in [1.54, 1.807) is 13.1 Å². The fraction of sp³-hybridized carbons (Fsp3) is 0.267. The number of para-hydroxylation sites is 1. The van der Waals surface area contributed by atoms with Gasteiger partial charge in [0.15, 0.2) is 5.96 Å². The van der Waals surface area contributed by atoms with Gasteiger partial charge in [-0.15, -0.1) is 6.58 Å². The Balaban J connectivity index is 2.09. The first-order chi connectivity index (χ1) is 9.26. The van der Waals surface area contributed by atoms with Crippen molar-refractivity contribution in [1.29, 1.82) is 0 Å². The minimum absolute atomic E-state index is 0.608. The molecular weight excluding hydrogens is 238 g/mol. The monoisotopic (exact) mass is 257 g/mol. The number of hydrogen-bond acceptors (Lipinski definition) is 2. The number of hydrogen-bond donors (Lipinski definition) is 2. The van der Waals surface area contributed by atoms with Crippen molar-refractivity contribution in [3.63, 3.8) is 0 Å². The van der Waals surface area contributed by atoms with Crippen molar-refractivity contribution < 1.29 is 4.42 Å². The maximum absolute atomic E-state index is 5.83. The van der Waals surface area contributed by atoms with Crippen LogP contribution in [0.25, 0.3) is 11.0 Å². The van der Waals surface area contributed by atoms with Gasteiger partial charge in [0.2, 0.25) is 0 Å². The predicted molar refractivity (Wildman–Crippen MR) is 79.3 cm³/mol. The largest absolute Gasteiger partial charge is 0.459 e. The van der Waals surface area contributed by atoms with E-state index in [9.17, 15) is 0 Å². The van der Waals surface area contributed by atoms with Gasteiger partial charge in [0.1, 0.15) is 11.3 Å². The van der Waals surface area contributed by atoms with Crippen LogP contribution in [0.3, 0.4) is 0 Å². The quantitative estimate of drug-likeness (QED) is 0.503. The molecule has 1 heterocycles.